The molecule has 0 aromatic heterocycles. The molecule has 4 unspecified atom stereocenters. The maximum atomic E-state index is 13.5. The number of carboxylic acid groups (broad SMARTS) is 1. The maximum Gasteiger partial charge on any atom is 0.326 e. The molecule has 0 heterocycles. The van der Waals surface area contributed by atoms with Crippen LogP contribution in [0.5, 0.6) is 5.75 Å². The van der Waals surface area contributed by atoms with E-state index in [9.17, 15) is 39.0 Å². The molecule has 4 atom stereocenters. The van der Waals surface area contributed by atoms with Gasteiger partial charge in [-0.3, -0.25) is 24.0 Å². The Morgan fingerprint density at radius 1 is 0.625 bits per heavy atom. The normalized spacial score (nSPS) is 13.5. The standard InChI is InChI=1S/C34H48N6O8/c1-20(2)14-26(32(45)40-28(34(47)48)15-21(3)4)39-33(46)27(17-22-8-6-5-7-9-22)38-30(43)19-36-29(42)18-37-31(44)25(35)16-23-10-12-24(41)13-11-23/h5-13,20-21,25-28,41H,14-19,35H2,1-4H3,(H,36,42)(H,37,44)(H,38,43)(H,39,46)(H,40,45)(H,47,48). The van der Waals surface area contributed by atoms with Crippen LogP contribution in [-0.2, 0) is 41.6 Å². The number of aliphatic carboxylic acids is 1. The van der Waals surface area contributed by atoms with Gasteiger partial charge in [-0.15, -0.1) is 0 Å². The molecule has 0 radical (unpaired) electrons. The highest BCUT2D eigenvalue weighted by Crippen LogP contribution is 2.12. The molecule has 0 aliphatic rings. The van der Waals surface area contributed by atoms with Crippen molar-refractivity contribution in [2.24, 2.45) is 17.6 Å². The summed E-state index contributed by atoms with van der Waals surface area (Å²) >= 11 is 0. The molecule has 0 fully saturated rings. The Bertz CT molecular complexity index is 1380. The maximum absolute atomic E-state index is 13.5. The summed E-state index contributed by atoms with van der Waals surface area (Å²) in [4.78, 5) is 76.0. The van der Waals surface area contributed by atoms with E-state index in [0.29, 0.717) is 0 Å². The summed E-state index contributed by atoms with van der Waals surface area (Å²) < 4.78 is 0. The lowest BCUT2D eigenvalue weighted by Gasteiger charge is -2.26. The molecule has 0 aliphatic carbocycles. The van der Waals surface area contributed by atoms with E-state index < -0.39 is 72.8 Å². The van der Waals surface area contributed by atoms with Gasteiger partial charge in [-0.05, 0) is 54.4 Å². The lowest BCUT2D eigenvalue weighted by atomic mass is 9.99. The molecule has 0 saturated carbocycles. The number of amides is 5. The number of nitrogens with one attached hydrogen (secondary N) is 5. The summed E-state index contributed by atoms with van der Waals surface area (Å²) in [6.07, 6.45) is 0.678. The number of carboxylic acids is 1. The van der Waals surface area contributed by atoms with E-state index in [4.69, 9.17) is 5.73 Å². The Kier molecular flexibility index (Phi) is 16.0. The topological polar surface area (TPSA) is 229 Å². The molecule has 5 amide bonds. The van der Waals surface area contributed by atoms with Crippen molar-refractivity contribution in [1.82, 2.24) is 26.6 Å². The first-order valence-corrected chi connectivity index (χ1v) is 15.9. The molecule has 0 aliphatic heterocycles. The Morgan fingerprint density at radius 2 is 1.15 bits per heavy atom. The zero-order valence-corrected chi connectivity index (χ0v) is 27.8. The largest absolute Gasteiger partial charge is 0.508 e. The van der Waals surface area contributed by atoms with Crippen molar-refractivity contribution in [3.63, 3.8) is 0 Å². The van der Waals surface area contributed by atoms with E-state index >= 15 is 0 Å². The van der Waals surface area contributed by atoms with Gasteiger partial charge in [0.05, 0.1) is 19.1 Å². The van der Waals surface area contributed by atoms with E-state index in [1.807, 2.05) is 27.7 Å². The second-order valence-electron chi connectivity index (χ2n) is 12.5. The van der Waals surface area contributed by atoms with Crippen molar-refractivity contribution in [1.29, 1.82) is 0 Å². The number of aromatic hydroxyl groups is 1. The zero-order valence-electron chi connectivity index (χ0n) is 27.8. The molecule has 2 aromatic rings. The third-order valence-corrected chi connectivity index (χ3v) is 7.19. The van der Waals surface area contributed by atoms with Crippen LogP contribution in [0.15, 0.2) is 54.6 Å². The molecule has 0 saturated heterocycles. The predicted molar refractivity (Wildman–Crippen MR) is 178 cm³/mol. The molecule has 48 heavy (non-hydrogen) atoms. The smallest absolute Gasteiger partial charge is 0.326 e. The molecule has 2 rings (SSSR count). The van der Waals surface area contributed by atoms with Crippen molar-refractivity contribution in [2.45, 2.75) is 77.5 Å². The van der Waals surface area contributed by atoms with Crippen LogP contribution >= 0.6 is 0 Å². The zero-order chi connectivity index (χ0) is 35.8. The molecule has 9 N–H and O–H groups in total. The highest BCUT2D eigenvalue weighted by molar-refractivity contribution is 5.94. The summed E-state index contributed by atoms with van der Waals surface area (Å²) in [5.41, 5.74) is 7.36. The molecule has 0 bridgehead atoms. The summed E-state index contributed by atoms with van der Waals surface area (Å²) in [7, 11) is 0. The van der Waals surface area contributed by atoms with Crippen LogP contribution in [0, 0.1) is 11.8 Å². The van der Waals surface area contributed by atoms with Crippen LogP contribution in [0.1, 0.15) is 51.7 Å². The van der Waals surface area contributed by atoms with Crippen molar-refractivity contribution >= 4 is 35.5 Å². The number of nitrogens with two attached hydrogens (primary N) is 1. The highest BCUT2D eigenvalue weighted by atomic mass is 16.4. The predicted octanol–water partition coefficient (Wildman–Crippen LogP) is 0.368. The molecule has 0 spiro atoms. The minimum atomic E-state index is -1.18. The number of carbonyl (C=O) groups is 6. The SMILES string of the molecule is CC(C)CC(NC(=O)C(CC(C)C)NC(=O)C(Cc1ccccc1)NC(=O)CNC(=O)CNC(=O)C(N)Cc1ccc(O)cc1)C(=O)O. The lowest BCUT2D eigenvalue weighted by molar-refractivity contribution is -0.143. The van der Waals surface area contributed by atoms with Gasteiger partial charge in [0.2, 0.25) is 29.5 Å². The quantitative estimate of drug-likeness (QED) is 0.103. The van der Waals surface area contributed by atoms with Crippen LogP contribution in [-0.4, -0.2) is 83.0 Å². The third kappa shape index (κ3) is 14.6. The van der Waals surface area contributed by atoms with Gasteiger partial charge in [0.15, 0.2) is 0 Å². The van der Waals surface area contributed by atoms with Crippen LogP contribution in [0.2, 0.25) is 0 Å². The van der Waals surface area contributed by atoms with E-state index in [2.05, 4.69) is 26.6 Å². The Hall–Kier alpha value is -4.98. The van der Waals surface area contributed by atoms with Crippen LogP contribution in [0.25, 0.3) is 0 Å². The van der Waals surface area contributed by atoms with Gasteiger partial charge in [-0.25, -0.2) is 4.79 Å². The first-order valence-electron chi connectivity index (χ1n) is 15.9. The monoisotopic (exact) mass is 668 g/mol. The van der Waals surface area contributed by atoms with Crippen molar-refractivity contribution < 1.29 is 39.0 Å². The first kappa shape index (κ1) is 39.2. The van der Waals surface area contributed by atoms with Gasteiger partial charge in [0, 0.05) is 6.42 Å². The third-order valence-electron chi connectivity index (χ3n) is 7.19. The number of benzene rings is 2. The molecule has 262 valence electrons. The number of rotatable bonds is 19. The lowest BCUT2D eigenvalue weighted by Crippen LogP contribution is -2.57. The fourth-order valence-corrected chi connectivity index (χ4v) is 4.76. The van der Waals surface area contributed by atoms with E-state index in [1.54, 1.807) is 42.5 Å². The summed E-state index contributed by atoms with van der Waals surface area (Å²) in [6, 6.07) is 10.8. The van der Waals surface area contributed by atoms with Crippen LogP contribution < -0.4 is 32.3 Å². The van der Waals surface area contributed by atoms with E-state index in [0.717, 1.165) is 11.1 Å². The van der Waals surface area contributed by atoms with E-state index in [-0.39, 0.29) is 43.3 Å². The fourth-order valence-electron chi connectivity index (χ4n) is 4.76. The van der Waals surface area contributed by atoms with Gasteiger partial charge in [-0.2, -0.15) is 0 Å². The Balaban J connectivity index is 2.02. The number of hydrogen-bond acceptors (Lipinski definition) is 8. The number of phenolic OH excluding ortho intramolecular Hbond substituents is 1. The number of hydrogen-bond donors (Lipinski definition) is 8. The fraction of sp³-hybridized carbons (Fsp3) is 0.471. The highest BCUT2D eigenvalue weighted by Gasteiger charge is 2.30. The molecular weight excluding hydrogens is 620 g/mol. The minimum absolute atomic E-state index is 0.000845. The summed E-state index contributed by atoms with van der Waals surface area (Å²) in [5.74, 6) is -4.38. The molecule has 14 heteroatoms. The molecule has 14 nitrogen and oxygen atoms in total. The molecular formula is C34H48N6O8. The van der Waals surface area contributed by atoms with Crippen molar-refractivity contribution in [3.05, 3.63) is 65.7 Å². The second-order valence-corrected chi connectivity index (χ2v) is 12.5. The van der Waals surface area contributed by atoms with E-state index in [1.165, 1.54) is 12.1 Å². The average Bonchev–Trinajstić information content (AvgIpc) is 3.02. The van der Waals surface area contributed by atoms with Crippen LogP contribution in [0.3, 0.4) is 0 Å². The van der Waals surface area contributed by atoms with Gasteiger partial charge in [-0.1, -0.05) is 70.2 Å². The number of carbonyl (C=O) groups excluding carboxylic acids is 5. The van der Waals surface area contributed by atoms with Gasteiger partial charge < -0.3 is 42.5 Å². The Labute approximate surface area is 280 Å². The average molecular weight is 669 g/mol. The number of phenols is 1. The second kappa shape index (κ2) is 19.6. The van der Waals surface area contributed by atoms with Crippen molar-refractivity contribution in [3.8, 4) is 5.75 Å². The van der Waals surface area contributed by atoms with Gasteiger partial charge >= 0.3 is 5.97 Å². The summed E-state index contributed by atoms with van der Waals surface area (Å²) in [5, 5.41) is 31.6. The molecule has 2 aromatic carbocycles. The van der Waals surface area contributed by atoms with Crippen LogP contribution in [0.4, 0.5) is 0 Å². The Morgan fingerprint density at radius 3 is 1.73 bits per heavy atom. The van der Waals surface area contributed by atoms with Gasteiger partial charge in [0.1, 0.15) is 23.9 Å². The minimum Gasteiger partial charge on any atom is -0.508 e. The van der Waals surface area contributed by atoms with Gasteiger partial charge in [0.25, 0.3) is 0 Å². The summed E-state index contributed by atoms with van der Waals surface area (Å²) in [6.45, 7) is 6.44. The first-order chi connectivity index (χ1) is 22.6. The van der Waals surface area contributed by atoms with Crippen molar-refractivity contribution in [2.75, 3.05) is 13.1 Å².